The van der Waals surface area contributed by atoms with Crippen molar-refractivity contribution in [1.29, 1.82) is 0 Å². The SMILES string of the molecule is CCC(O)(O)C(O)(O)C(C)C(C)N. The second kappa shape index (κ2) is 3.89. The van der Waals surface area contributed by atoms with Gasteiger partial charge in [0.2, 0.25) is 11.6 Å². The molecule has 0 fully saturated rings. The normalized spacial score (nSPS) is 18.5. The van der Waals surface area contributed by atoms with Crippen LogP contribution in [0.15, 0.2) is 0 Å². The summed E-state index contributed by atoms with van der Waals surface area (Å²) in [6, 6.07) is -0.541. The van der Waals surface area contributed by atoms with Crippen LogP contribution < -0.4 is 5.73 Å². The quantitative estimate of drug-likeness (QED) is 0.358. The van der Waals surface area contributed by atoms with E-state index in [1.807, 2.05) is 0 Å². The minimum atomic E-state index is -2.59. The summed E-state index contributed by atoms with van der Waals surface area (Å²) in [5.74, 6) is -5.95. The molecule has 0 aliphatic carbocycles. The van der Waals surface area contributed by atoms with E-state index in [0.717, 1.165) is 0 Å². The maximum absolute atomic E-state index is 9.46. The zero-order valence-electron chi connectivity index (χ0n) is 8.23. The van der Waals surface area contributed by atoms with Gasteiger partial charge in [0.15, 0.2) is 0 Å². The maximum atomic E-state index is 9.46. The van der Waals surface area contributed by atoms with Crippen molar-refractivity contribution in [3.8, 4) is 0 Å². The highest BCUT2D eigenvalue weighted by Crippen LogP contribution is 2.29. The summed E-state index contributed by atoms with van der Waals surface area (Å²) < 4.78 is 0. The summed E-state index contributed by atoms with van der Waals surface area (Å²) in [6.45, 7) is 4.45. The van der Waals surface area contributed by atoms with Gasteiger partial charge in [0.05, 0.1) is 0 Å². The van der Waals surface area contributed by atoms with Crippen molar-refractivity contribution in [1.82, 2.24) is 0 Å². The first kappa shape index (κ1) is 12.8. The van der Waals surface area contributed by atoms with Gasteiger partial charge in [0, 0.05) is 18.4 Å². The van der Waals surface area contributed by atoms with Crippen LogP contribution in [0.1, 0.15) is 27.2 Å². The highest BCUT2D eigenvalue weighted by molar-refractivity contribution is 4.88. The van der Waals surface area contributed by atoms with Gasteiger partial charge >= 0.3 is 0 Å². The number of rotatable bonds is 4. The van der Waals surface area contributed by atoms with Crippen molar-refractivity contribution >= 4 is 0 Å². The van der Waals surface area contributed by atoms with Crippen LogP contribution in [-0.2, 0) is 0 Å². The number of aliphatic hydroxyl groups is 4. The van der Waals surface area contributed by atoms with Crippen LogP contribution in [0.3, 0.4) is 0 Å². The predicted molar refractivity (Wildman–Crippen MR) is 47.4 cm³/mol. The lowest BCUT2D eigenvalue weighted by molar-refractivity contribution is -0.376. The second-order valence-corrected chi connectivity index (χ2v) is 3.54. The first-order valence-electron chi connectivity index (χ1n) is 4.32. The fourth-order valence-corrected chi connectivity index (χ4v) is 0.991. The van der Waals surface area contributed by atoms with E-state index in [9.17, 15) is 20.4 Å². The second-order valence-electron chi connectivity index (χ2n) is 3.54. The zero-order chi connectivity index (χ0) is 10.9. The summed E-state index contributed by atoms with van der Waals surface area (Å²) >= 11 is 0. The average molecular weight is 193 g/mol. The Labute approximate surface area is 77.8 Å². The summed E-state index contributed by atoms with van der Waals surface area (Å²) in [4.78, 5) is 0. The fourth-order valence-electron chi connectivity index (χ4n) is 0.991. The number of nitrogens with two attached hydrogens (primary N) is 1. The molecule has 0 aromatic rings. The molecular weight excluding hydrogens is 174 g/mol. The van der Waals surface area contributed by atoms with Crippen LogP contribution in [0.4, 0.5) is 0 Å². The third-order valence-electron chi connectivity index (χ3n) is 2.51. The number of hydrogen-bond donors (Lipinski definition) is 5. The fraction of sp³-hybridized carbons (Fsp3) is 1.00. The van der Waals surface area contributed by atoms with Gasteiger partial charge in [0.1, 0.15) is 0 Å². The van der Waals surface area contributed by atoms with Crippen LogP contribution >= 0.6 is 0 Å². The Bertz CT molecular complexity index is 168. The Hall–Kier alpha value is -0.200. The van der Waals surface area contributed by atoms with E-state index in [-0.39, 0.29) is 6.42 Å². The van der Waals surface area contributed by atoms with Gasteiger partial charge in [-0.1, -0.05) is 13.8 Å². The average Bonchev–Trinajstić information content (AvgIpc) is 2.02. The smallest absolute Gasteiger partial charge is 0.222 e. The molecule has 0 amide bonds. The van der Waals surface area contributed by atoms with Crippen LogP contribution in [0, 0.1) is 5.92 Å². The topological polar surface area (TPSA) is 107 Å². The molecule has 0 bridgehead atoms. The van der Waals surface area contributed by atoms with Crippen molar-refractivity contribution in [2.24, 2.45) is 11.7 Å². The molecule has 6 N–H and O–H groups in total. The molecule has 0 heterocycles. The molecule has 0 aliphatic rings. The third-order valence-corrected chi connectivity index (χ3v) is 2.51. The lowest BCUT2D eigenvalue weighted by Crippen LogP contribution is -2.61. The largest absolute Gasteiger partial charge is 0.361 e. The Kier molecular flexibility index (Phi) is 3.83. The molecule has 0 saturated carbocycles. The molecule has 5 nitrogen and oxygen atoms in total. The van der Waals surface area contributed by atoms with Crippen molar-refractivity contribution < 1.29 is 20.4 Å². The van der Waals surface area contributed by atoms with E-state index in [4.69, 9.17) is 5.73 Å². The van der Waals surface area contributed by atoms with Gasteiger partial charge in [-0.25, -0.2) is 0 Å². The Balaban J connectivity index is 4.74. The van der Waals surface area contributed by atoms with Gasteiger partial charge in [-0.2, -0.15) is 0 Å². The molecule has 0 rings (SSSR count). The van der Waals surface area contributed by atoms with Gasteiger partial charge < -0.3 is 26.2 Å². The van der Waals surface area contributed by atoms with E-state index < -0.39 is 23.5 Å². The van der Waals surface area contributed by atoms with E-state index >= 15 is 0 Å². The monoisotopic (exact) mass is 193 g/mol. The standard InChI is InChI=1S/C8H19NO4/c1-4-7(10,11)8(12,13)5(2)6(3)9/h5-6,10-13H,4,9H2,1-3H3. The lowest BCUT2D eigenvalue weighted by Gasteiger charge is -2.40. The minimum Gasteiger partial charge on any atom is -0.361 e. The van der Waals surface area contributed by atoms with Crippen molar-refractivity contribution in [3.05, 3.63) is 0 Å². The Morgan fingerprint density at radius 1 is 1.15 bits per heavy atom. The molecule has 0 radical (unpaired) electrons. The van der Waals surface area contributed by atoms with Crippen molar-refractivity contribution in [2.45, 2.75) is 44.8 Å². The van der Waals surface area contributed by atoms with Crippen LogP contribution in [0.25, 0.3) is 0 Å². The Morgan fingerprint density at radius 3 is 1.77 bits per heavy atom. The van der Waals surface area contributed by atoms with E-state index in [1.54, 1.807) is 6.92 Å². The molecule has 0 aromatic heterocycles. The molecule has 0 spiro atoms. The predicted octanol–water partition coefficient (Wildman–Crippen LogP) is -1.26. The maximum Gasteiger partial charge on any atom is 0.222 e. The first-order valence-corrected chi connectivity index (χ1v) is 4.32. The van der Waals surface area contributed by atoms with Crippen LogP contribution in [0.2, 0.25) is 0 Å². The van der Waals surface area contributed by atoms with E-state index in [1.165, 1.54) is 13.8 Å². The zero-order valence-corrected chi connectivity index (χ0v) is 8.23. The summed E-state index contributed by atoms with van der Waals surface area (Å²) in [5.41, 5.74) is 5.43. The summed E-state index contributed by atoms with van der Waals surface area (Å²) in [5, 5.41) is 37.5. The third kappa shape index (κ3) is 2.38. The molecule has 0 aromatic carbocycles. The summed E-state index contributed by atoms with van der Waals surface area (Å²) in [7, 11) is 0. The van der Waals surface area contributed by atoms with Gasteiger partial charge in [-0.3, -0.25) is 0 Å². The first-order chi connectivity index (χ1) is 5.66. The summed E-state index contributed by atoms with van der Waals surface area (Å²) in [6.07, 6.45) is -0.183. The molecule has 2 unspecified atom stereocenters. The van der Waals surface area contributed by atoms with Crippen molar-refractivity contribution in [2.75, 3.05) is 0 Å². The van der Waals surface area contributed by atoms with E-state index in [0.29, 0.717) is 0 Å². The molecule has 0 saturated heterocycles. The molecule has 0 aliphatic heterocycles. The number of hydrogen-bond acceptors (Lipinski definition) is 5. The molecule has 80 valence electrons. The van der Waals surface area contributed by atoms with Gasteiger partial charge in [-0.15, -0.1) is 0 Å². The molecule has 2 atom stereocenters. The minimum absolute atomic E-state index is 0.183. The molecule has 13 heavy (non-hydrogen) atoms. The molecule has 5 heteroatoms. The van der Waals surface area contributed by atoms with Crippen molar-refractivity contribution in [3.63, 3.8) is 0 Å². The van der Waals surface area contributed by atoms with Gasteiger partial charge in [0.25, 0.3) is 0 Å². The lowest BCUT2D eigenvalue weighted by atomic mass is 9.86. The van der Waals surface area contributed by atoms with E-state index in [2.05, 4.69) is 0 Å². The van der Waals surface area contributed by atoms with Crippen LogP contribution in [0.5, 0.6) is 0 Å². The van der Waals surface area contributed by atoms with Gasteiger partial charge in [-0.05, 0) is 6.92 Å². The highest BCUT2D eigenvalue weighted by Gasteiger charge is 2.50. The van der Waals surface area contributed by atoms with Crippen LogP contribution in [-0.4, -0.2) is 38.0 Å². The molecular formula is C8H19NO4. The Morgan fingerprint density at radius 2 is 1.54 bits per heavy atom. The highest BCUT2D eigenvalue weighted by atomic mass is 16.6.